The maximum atomic E-state index is 12.8. The summed E-state index contributed by atoms with van der Waals surface area (Å²) in [6.45, 7) is 1.59. The molecule has 0 bridgehead atoms. The number of nitrogens with one attached hydrogen (secondary N) is 1. The summed E-state index contributed by atoms with van der Waals surface area (Å²) >= 11 is 0. The van der Waals surface area contributed by atoms with Crippen molar-refractivity contribution in [1.29, 1.82) is 0 Å². The highest BCUT2D eigenvalue weighted by Crippen LogP contribution is 2.22. The molecule has 2 amide bonds. The quantitative estimate of drug-likeness (QED) is 0.333. The molecular formula is C28H30N4O5S. The molecule has 0 radical (unpaired) electrons. The zero-order valence-corrected chi connectivity index (χ0v) is 21.9. The van der Waals surface area contributed by atoms with Crippen LogP contribution in [0, 0.1) is 0 Å². The number of sulfonamides is 1. The van der Waals surface area contributed by atoms with Crippen LogP contribution in [-0.4, -0.2) is 58.1 Å². The second-order valence-corrected chi connectivity index (χ2v) is 10.8. The SMILES string of the molecule is CN(c1ccc(C(=O)N/N=C\c2ccc(OCC(=O)N3CCCCC3)cc2)cc1)S(=O)(=O)c1ccccc1. The van der Waals surface area contributed by atoms with E-state index in [-0.39, 0.29) is 17.4 Å². The first-order valence-corrected chi connectivity index (χ1v) is 13.8. The smallest absolute Gasteiger partial charge is 0.271 e. The third-order valence-corrected chi connectivity index (χ3v) is 8.03. The lowest BCUT2D eigenvalue weighted by atomic mass is 10.1. The molecule has 1 N–H and O–H groups in total. The molecule has 1 fully saturated rings. The van der Waals surface area contributed by atoms with Crippen LogP contribution in [0.15, 0.2) is 88.9 Å². The number of piperidine rings is 1. The summed E-state index contributed by atoms with van der Waals surface area (Å²) < 4.78 is 32.3. The van der Waals surface area contributed by atoms with E-state index in [9.17, 15) is 18.0 Å². The molecular weight excluding hydrogens is 504 g/mol. The van der Waals surface area contributed by atoms with Gasteiger partial charge in [-0.2, -0.15) is 5.10 Å². The Morgan fingerprint density at radius 2 is 1.61 bits per heavy atom. The lowest BCUT2D eigenvalue weighted by Gasteiger charge is -2.26. The molecule has 10 heteroatoms. The van der Waals surface area contributed by atoms with Crippen LogP contribution in [0.1, 0.15) is 35.2 Å². The normalized spacial score (nSPS) is 13.8. The van der Waals surface area contributed by atoms with E-state index in [0.29, 0.717) is 17.0 Å². The van der Waals surface area contributed by atoms with E-state index < -0.39 is 15.9 Å². The van der Waals surface area contributed by atoms with Gasteiger partial charge in [-0.3, -0.25) is 13.9 Å². The summed E-state index contributed by atoms with van der Waals surface area (Å²) in [5, 5.41) is 3.99. The number of amides is 2. The molecule has 1 saturated heterocycles. The molecule has 3 aromatic carbocycles. The average Bonchev–Trinajstić information content (AvgIpc) is 2.97. The van der Waals surface area contributed by atoms with Crippen LogP contribution in [0.5, 0.6) is 5.75 Å². The lowest BCUT2D eigenvalue weighted by molar-refractivity contribution is -0.134. The van der Waals surface area contributed by atoms with Crippen molar-refractivity contribution in [3.8, 4) is 5.75 Å². The number of carbonyl (C=O) groups is 2. The molecule has 9 nitrogen and oxygen atoms in total. The van der Waals surface area contributed by atoms with Gasteiger partial charge in [0.05, 0.1) is 16.8 Å². The Labute approximate surface area is 222 Å². The standard InChI is InChI=1S/C28H30N4O5S/c1-31(38(35,36)26-8-4-2-5-9-26)24-14-12-23(13-15-24)28(34)30-29-20-22-10-16-25(17-11-22)37-21-27(33)32-18-6-3-7-19-32/h2,4-5,8-17,20H,3,6-7,18-19,21H2,1H3,(H,30,34)/b29-20-. The van der Waals surface area contributed by atoms with E-state index in [2.05, 4.69) is 10.5 Å². The van der Waals surface area contributed by atoms with Crippen LogP contribution >= 0.6 is 0 Å². The first-order chi connectivity index (χ1) is 18.3. The summed E-state index contributed by atoms with van der Waals surface area (Å²) in [5.74, 6) is 0.143. The van der Waals surface area contributed by atoms with Crippen molar-refractivity contribution in [2.45, 2.75) is 24.2 Å². The van der Waals surface area contributed by atoms with Crippen LogP contribution in [0.4, 0.5) is 5.69 Å². The Balaban J connectivity index is 1.27. The summed E-state index contributed by atoms with van der Waals surface area (Å²) in [7, 11) is -2.24. The third-order valence-electron chi connectivity index (χ3n) is 6.23. The number of ether oxygens (including phenoxy) is 1. The molecule has 1 heterocycles. The van der Waals surface area contributed by atoms with Crippen molar-refractivity contribution < 1.29 is 22.7 Å². The molecule has 0 aliphatic carbocycles. The minimum atomic E-state index is -3.70. The van der Waals surface area contributed by atoms with Crippen LogP contribution in [-0.2, 0) is 14.8 Å². The Hall–Kier alpha value is -4.18. The van der Waals surface area contributed by atoms with Crippen LogP contribution in [0.2, 0.25) is 0 Å². The molecule has 4 rings (SSSR count). The van der Waals surface area contributed by atoms with Gasteiger partial charge in [-0.1, -0.05) is 18.2 Å². The fourth-order valence-electron chi connectivity index (χ4n) is 3.97. The number of nitrogens with zero attached hydrogens (tertiary/aromatic N) is 3. The predicted octanol–water partition coefficient (Wildman–Crippen LogP) is 3.67. The predicted molar refractivity (Wildman–Crippen MR) is 146 cm³/mol. The van der Waals surface area contributed by atoms with Gasteiger partial charge in [0, 0.05) is 25.7 Å². The van der Waals surface area contributed by atoms with Gasteiger partial charge in [0.1, 0.15) is 5.75 Å². The summed E-state index contributed by atoms with van der Waals surface area (Å²) in [6.07, 6.45) is 4.74. The van der Waals surface area contributed by atoms with Crippen molar-refractivity contribution >= 4 is 33.7 Å². The fraction of sp³-hybridized carbons (Fsp3) is 0.250. The molecule has 1 aliphatic rings. The first kappa shape index (κ1) is 26.9. The number of likely N-dealkylation sites (tertiary alicyclic amines) is 1. The second kappa shape index (κ2) is 12.4. The number of carbonyl (C=O) groups excluding carboxylic acids is 2. The van der Waals surface area contributed by atoms with Gasteiger partial charge in [0.15, 0.2) is 6.61 Å². The minimum Gasteiger partial charge on any atom is -0.484 e. The summed E-state index contributed by atoms with van der Waals surface area (Å²) in [4.78, 5) is 26.7. The zero-order valence-electron chi connectivity index (χ0n) is 21.1. The van der Waals surface area contributed by atoms with Gasteiger partial charge >= 0.3 is 0 Å². The number of hydrogen-bond donors (Lipinski definition) is 1. The van der Waals surface area contributed by atoms with E-state index in [1.54, 1.807) is 54.6 Å². The number of anilines is 1. The third kappa shape index (κ3) is 6.77. The molecule has 38 heavy (non-hydrogen) atoms. The van der Waals surface area contributed by atoms with Crippen LogP contribution < -0.4 is 14.5 Å². The van der Waals surface area contributed by atoms with Crippen LogP contribution in [0.25, 0.3) is 0 Å². The highest BCUT2D eigenvalue weighted by Gasteiger charge is 2.21. The summed E-state index contributed by atoms with van der Waals surface area (Å²) in [6, 6.07) is 21.4. The van der Waals surface area contributed by atoms with E-state index in [1.165, 1.54) is 48.3 Å². The largest absolute Gasteiger partial charge is 0.484 e. The maximum Gasteiger partial charge on any atom is 0.271 e. The molecule has 0 saturated carbocycles. The van der Waals surface area contributed by atoms with Crippen LogP contribution in [0.3, 0.4) is 0 Å². The van der Waals surface area contributed by atoms with Gasteiger partial charge in [0.25, 0.3) is 21.8 Å². The Kier molecular flexibility index (Phi) is 8.75. The number of benzene rings is 3. The van der Waals surface area contributed by atoms with E-state index in [1.807, 2.05) is 4.90 Å². The highest BCUT2D eigenvalue weighted by molar-refractivity contribution is 7.92. The molecule has 0 unspecified atom stereocenters. The van der Waals surface area contributed by atoms with Gasteiger partial charge in [-0.15, -0.1) is 0 Å². The topological polar surface area (TPSA) is 108 Å². The van der Waals surface area contributed by atoms with Gasteiger partial charge in [-0.25, -0.2) is 13.8 Å². The minimum absolute atomic E-state index is 0.00412. The first-order valence-electron chi connectivity index (χ1n) is 12.3. The van der Waals surface area contributed by atoms with Gasteiger partial charge in [0.2, 0.25) is 0 Å². The highest BCUT2D eigenvalue weighted by atomic mass is 32.2. The number of hydrogen-bond acceptors (Lipinski definition) is 6. The van der Waals surface area contributed by atoms with Crippen molar-refractivity contribution in [3.05, 3.63) is 90.0 Å². The van der Waals surface area contributed by atoms with Gasteiger partial charge < -0.3 is 9.64 Å². The van der Waals surface area contributed by atoms with E-state index in [4.69, 9.17) is 4.74 Å². The average molecular weight is 535 g/mol. The molecule has 3 aromatic rings. The summed E-state index contributed by atoms with van der Waals surface area (Å²) in [5.41, 5.74) is 3.96. The van der Waals surface area contributed by atoms with Crippen molar-refractivity contribution in [1.82, 2.24) is 10.3 Å². The number of hydrazone groups is 1. The second-order valence-electron chi connectivity index (χ2n) is 8.83. The monoisotopic (exact) mass is 534 g/mol. The zero-order chi connectivity index (χ0) is 27.0. The van der Waals surface area contributed by atoms with Crippen molar-refractivity contribution in [2.75, 3.05) is 31.0 Å². The molecule has 0 atom stereocenters. The van der Waals surface area contributed by atoms with Gasteiger partial charge in [-0.05, 0) is 85.5 Å². The van der Waals surface area contributed by atoms with E-state index in [0.717, 1.165) is 31.5 Å². The van der Waals surface area contributed by atoms with Crippen molar-refractivity contribution in [2.24, 2.45) is 5.10 Å². The molecule has 0 aromatic heterocycles. The maximum absolute atomic E-state index is 12.8. The van der Waals surface area contributed by atoms with E-state index >= 15 is 0 Å². The molecule has 0 spiro atoms. The lowest BCUT2D eigenvalue weighted by Crippen LogP contribution is -2.38. The molecule has 1 aliphatic heterocycles. The Morgan fingerprint density at radius 3 is 2.26 bits per heavy atom. The fourth-order valence-corrected chi connectivity index (χ4v) is 5.19. The van der Waals surface area contributed by atoms with Crippen molar-refractivity contribution in [3.63, 3.8) is 0 Å². The molecule has 198 valence electrons. The Morgan fingerprint density at radius 1 is 0.947 bits per heavy atom. The Bertz CT molecular complexity index is 1370. The number of rotatable bonds is 9.